The van der Waals surface area contributed by atoms with E-state index < -0.39 is 0 Å². The summed E-state index contributed by atoms with van der Waals surface area (Å²) in [6.45, 7) is 11.4. The van der Waals surface area contributed by atoms with Crippen LogP contribution in [0.15, 0.2) is 53.6 Å². The van der Waals surface area contributed by atoms with Crippen molar-refractivity contribution in [2.24, 2.45) is 5.41 Å². The van der Waals surface area contributed by atoms with Crippen molar-refractivity contribution in [3.05, 3.63) is 75.8 Å². The largest absolute Gasteiger partial charge is 0.368 e. The normalized spacial score (nSPS) is 20.3. The number of aryl methyl sites for hydroxylation is 1. The highest BCUT2D eigenvalue weighted by atomic mass is 16.2. The molecule has 0 spiro atoms. The average Bonchev–Trinajstić information content (AvgIpc) is 3.80. The standard InChI is InChI=1S/C48H61N15O4/c1-29(2)51-37-15-13-34(44(66)53-38-16-17-39(58-57-38)59(5)6)42(52-37)56-48-25-47(26-48,27-48)28-60(7)40(65)24-61-18-20-62(21-19-61)33-12-14-36(49-22-33)54-46-50-23-35-30(3)41(31(4)64)45(67)63(43(35)55-46)32-10-8-9-11-32/h12-17,22-23,29,32H,8-11,18-21,24-28H2,1-7H3,(H2,51,52,56)(H,53,57,66)(H,49,50,54,55). The van der Waals surface area contributed by atoms with Crippen LogP contribution in [0.3, 0.4) is 0 Å². The minimum Gasteiger partial charge on any atom is -0.368 e. The summed E-state index contributed by atoms with van der Waals surface area (Å²) in [5.74, 6) is 2.69. The minimum atomic E-state index is -0.322. The molecule has 4 N–H and O–H groups in total. The zero-order valence-electron chi connectivity index (χ0n) is 39.5. The number of amides is 2. The van der Waals surface area contributed by atoms with E-state index in [4.69, 9.17) is 9.97 Å². The van der Waals surface area contributed by atoms with E-state index in [1.165, 1.54) is 6.92 Å². The average molecular weight is 912 g/mol. The Labute approximate surface area is 390 Å². The lowest BCUT2D eigenvalue weighted by Crippen LogP contribution is -2.73. The third-order valence-corrected chi connectivity index (χ3v) is 13.8. The first kappa shape index (κ1) is 45.4. The van der Waals surface area contributed by atoms with Gasteiger partial charge < -0.3 is 36.0 Å². The molecule has 2 amide bonds. The molecular formula is C48H61N15O4. The van der Waals surface area contributed by atoms with Gasteiger partial charge in [0.25, 0.3) is 11.5 Å². The number of hydrogen-bond donors (Lipinski definition) is 4. The maximum absolute atomic E-state index is 13.6. The second kappa shape index (κ2) is 18.1. The van der Waals surface area contributed by atoms with Gasteiger partial charge in [0.15, 0.2) is 17.4 Å². The predicted octanol–water partition coefficient (Wildman–Crippen LogP) is 5.50. The molecule has 10 rings (SSSR count). The van der Waals surface area contributed by atoms with E-state index in [2.05, 4.69) is 51.2 Å². The van der Waals surface area contributed by atoms with Crippen molar-refractivity contribution in [3.63, 3.8) is 0 Å². The van der Waals surface area contributed by atoms with Crippen LogP contribution in [-0.4, -0.2) is 134 Å². The molecule has 1 aliphatic heterocycles. The number of rotatable bonds is 16. The summed E-state index contributed by atoms with van der Waals surface area (Å²) in [6.07, 6.45) is 9.99. The first-order chi connectivity index (χ1) is 32.1. The van der Waals surface area contributed by atoms with Crippen LogP contribution in [0.5, 0.6) is 0 Å². The van der Waals surface area contributed by atoms with E-state index in [1.807, 2.05) is 69.2 Å². The van der Waals surface area contributed by atoms with E-state index in [0.717, 1.165) is 76.8 Å². The number of ketones is 1. The molecule has 0 aromatic carbocycles. The van der Waals surface area contributed by atoms with Gasteiger partial charge >= 0.3 is 0 Å². The van der Waals surface area contributed by atoms with E-state index in [-0.39, 0.29) is 51.8 Å². The highest BCUT2D eigenvalue weighted by molar-refractivity contribution is 6.07. The van der Waals surface area contributed by atoms with Gasteiger partial charge in [-0.3, -0.25) is 28.6 Å². The number of anilines is 7. The molecule has 5 fully saturated rings. The molecular weight excluding hydrogens is 851 g/mol. The number of aromatic nitrogens is 7. The van der Waals surface area contributed by atoms with Crippen LogP contribution in [0.25, 0.3) is 11.0 Å². The van der Waals surface area contributed by atoms with Crippen molar-refractivity contribution in [1.29, 1.82) is 0 Å². The SMILES string of the molecule is CC(=O)c1c(C)c2cnc(Nc3ccc(N4CCN(CC(=O)N(C)CC56CC(Nc7nc(NC(C)C)ccc7C(=O)Nc7ccc(N(C)C)nn7)(C5)C6)CC4)cn3)nc2n(C2CCCC2)c1=O. The number of Topliss-reactive ketones (excluding diaryl/α,β-unsaturated/α-hetero) is 1. The number of carbonyl (C=O) groups is 3. The van der Waals surface area contributed by atoms with E-state index in [9.17, 15) is 19.2 Å². The molecule has 2 bridgehead atoms. The second-order valence-electron chi connectivity index (χ2n) is 19.6. The fourth-order valence-corrected chi connectivity index (χ4v) is 10.6. The molecule has 4 aliphatic carbocycles. The Balaban J connectivity index is 0.759. The predicted molar refractivity (Wildman–Crippen MR) is 260 cm³/mol. The van der Waals surface area contributed by atoms with Crippen LogP contribution in [0.4, 0.5) is 40.7 Å². The summed E-state index contributed by atoms with van der Waals surface area (Å²) in [7, 11) is 5.66. The lowest BCUT2D eigenvalue weighted by molar-refractivity contribution is -0.152. The zero-order chi connectivity index (χ0) is 47.2. The van der Waals surface area contributed by atoms with Gasteiger partial charge in [0, 0.05) is 83.1 Å². The zero-order valence-corrected chi connectivity index (χ0v) is 39.5. The smallest absolute Gasteiger partial charge is 0.263 e. The summed E-state index contributed by atoms with van der Waals surface area (Å²) in [6, 6.07) is 11.2. The molecule has 0 unspecified atom stereocenters. The molecule has 352 valence electrons. The van der Waals surface area contributed by atoms with Crippen LogP contribution < -0.4 is 36.6 Å². The number of nitrogens with one attached hydrogen (secondary N) is 4. The van der Waals surface area contributed by atoms with E-state index >= 15 is 0 Å². The molecule has 0 atom stereocenters. The number of carbonyl (C=O) groups excluding carboxylic acids is 3. The molecule has 4 saturated carbocycles. The fraction of sp³-hybridized carbons (Fsp3) is 0.500. The topological polar surface area (TPSA) is 212 Å². The Bertz CT molecular complexity index is 2720. The first-order valence-electron chi connectivity index (χ1n) is 23.3. The minimum absolute atomic E-state index is 0.00295. The summed E-state index contributed by atoms with van der Waals surface area (Å²) in [5, 5.41) is 22.1. The molecule has 19 nitrogen and oxygen atoms in total. The fourth-order valence-electron chi connectivity index (χ4n) is 10.6. The van der Waals surface area contributed by atoms with Gasteiger partial charge in [-0.05, 0) is 107 Å². The Kier molecular flexibility index (Phi) is 12.3. The lowest BCUT2D eigenvalue weighted by atomic mass is 9.39. The molecule has 67 heavy (non-hydrogen) atoms. The van der Waals surface area contributed by atoms with Gasteiger partial charge in [0.2, 0.25) is 11.9 Å². The third kappa shape index (κ3) is 9.33. The summed E-state index contributed by atoms with van der Waals surface area (Å²) < 4.78 is 1.71. The van der Waals surface area contributed by atoms with Crippen molar-refractivity contribution < 1.29 is 14.4 Å². The molecule has 1 saturated heterocycles. The van der Waals surface area contributed by atoms with Gasteiger partial charge in [-0.15, -0.1) is 10.2 Å². The van der Waals surface area contributed by atoms with E-state index in [1.54, 1.807) is 35.9 Å². The van der Waals surface area contributed by atoms with Crippen LogP contribution in [0.1, 0.15) is 98.0 Å². The number of piperazine rings is 1. The second-order valence-corrected chi connectivity index (χ2v) is 19.6. The van der Waals surface area contributed by atoms with Crippen molar-refractivity contribution in [2.45, 2.75) is 90.3 Å². The number of pyridine rings is 3. The molecule has 5 aromatic heterocycles. The van der Waals surface area contributed by atoms with Crippen molar-refractivity contribution in [2.75, 3.05) is 91.5 Å². The Morgan fingerprint density at radius 3 is 2.22 bits per heavy atom. The van der Waals surface area contributed by atoms with Gasteiger partial charge in [-0.25, -0.2) is 15.0 Å². The summed E-state index contributed by atoms with van der Waals surface area (Å²) in [4.78, 5) is 80.3. The number of hydrogen-bond acceptors (Lipinski definition) is 16. The highest BCUT2D eigenvalue weighted by Gasteiger charge is 2.68. The van der Waals surface area contributed by atoms with Gasteiger partial charge in [-0.2, -0.15) is 4.98 Å². The number of nitrogens with zero attached hydrogens (tertiary/aromatic N) is 11. The summed E-state index contributed by atoms with van der Waals surface area (Å²) in [5.41, 5.74) is 2.33. The lowest BCUT2D eigenvalue weighted by Gasteiger charge is -2.71. The molecule has 0 radical (unpaired) electrons. The van der Waals surface area contributed by atoms with Crippen LogP contribution in [0.2, 0.25) is 0 Å². The van der Waals surface area contributed by atoms with Crippen molar-refractivity contribution in [3.8, 4) is 0 Å². The maximum atomic E-state index is 13.6. The maximum Gasteiger partial charge on any atom is 0.263 e. The highest BCUT2D eigenvalue weighted by Crippen LogP contribution is 2.68. The third-order valence-electron chi connectivity index (χ3n) is 13.8. The Morgan fingerprint density at radius 1 is 0.866 bits per heavy atom. The number of fused-ring (bicyclic) bond motifs is 1. The van der Waals surface area contributed by atoms with Gasteiger partial charge in [0.05, 0.1) is 29.6 Å². The Hall–Kier alpha value is -6.76. The quantitative estimate of drug-likeness (QED) is 0.0901. The summed E-state index contributed by atoms with van der Waals surface area (Å²) >= 11 is 0. The number of likely N-dealkylation sites (N-methyl/N-ethyl adjacent to an activating group) is 1. The van der Waals surface area contributed by atoms with Crippen LogP contribution in [0, 0.1) is 12.3 Å². The van der Waals surface area contributed by atoms with Crippen LogP contribution in [-0.2, 0) is 4.79 Å². The molecule has 5 aliphatic rings. The van der Waals surface area contributed by atoms with Crippen molar-refractivity contribution in [1.82, 2.24) is 44.5 Å². The molecule has 19 heteroatoms. The van der Waals surface area contributed by atoms with Gasteiger partial charge in [-0.1, -0.05) is 12.8 Å². The first-order valence-corrected chi connectivity index (χ1v) is 23.3. The van der Waals surface area contributed by atoms with Crippen molar-refractivity contribution >= 4 is 69.4 Å². The monoisotopic (exact) mass is 912 g/mol. The molecule has 6 heterocycles. The van der Waals surface area contributed by atoms with Crippen LogP contribution >= 0.6 is 0 Å². The van der Waals surface area contributed by atoms with E-state index in [0.29, 0.717) is 70.3 Å². The molecule has 5 aromatic rings. The Morgan fingerprint density at radius 2 is 1.58 bits per heavy atom. The van der Waals surface area contributed by atoms with Gasteiger partial charge in [0.1, 0.15) is 23.1 Å².